The Morgan fingerprint density at radius 1 is 1.18 bits per heavy atom. The standard InChI is InChI=1S/C12H18F4O5S/c13-11(12(14,15)16,22-21-20-18)10(17)19-8-4-7-9-5-2-1-3-6-9/h9,18H,1-8H2. The highest BCUT2D eigenvalue weighted by atomic mass is 32.2. The van der Waals surface area contributed by atoms with Gasteiger partial charge in [0.25, 0.3) is 0 Å². The molecule has 1 saturated carbocycles. The predicted octanol–water partition coefficient (Wildman–Crippen LogP) is 4.19. The minimum Gasteiger partial charge on any atom is -0.462 e. The summed E-state index contributed by atoms with van der Waals surface area (Å²) in [4.78, 5) is 11.3. The zero-order valence-corrected chi connectivity index (χ0v) is 12.6. The number of rotatable bonds is 8. The molecule has 0 aliphatic heterocycles. The summed E-state index contributed by atoms with van der Waals surface area (Å²) in [5.74, 6) is -1.66. The number of halogens is 4. The number of carbonyl (C=O) groups excluding carboxylic acids is 1. The molecule has 1 rings (SSSR count). The van der Waals surface area contributed by atoms with E-state index < -0.39 is 29.2 Å². The van der Waals surface area contributed by atoms with Gasteiger partial charge in [0.05, 0.1) is 18.6 Å². The number of alkyl halides is 4. The molecule has 0 heterocycles. The second-order valence-corrected chi connectivity index (χ2v) is 5.97. The molecule has 0 radical (unpaired) electrons. The Balaban J connectivity index is 2.39. The Kier molecular flexibility index (Phi) is 7.87. The highest BCUT2D eigenvalue weighted by Crippen LogP contribution is 2.44. The van der Waals surface area contributed by atoms with Crippen LogP contribution in [0.25, 0.3) is 0 Å². The van der Waals surface area contributed by atoms with Gasteiger partial charge in [0.1, 0.15) is 0 Å². The highest BCUT2D eigenvalue weighted by Gasteiger charge is 2.66. The van der Waals surface area contributed by atoms with Crippen molar-refractivity contribution in [1.82, 2.24) is 0 Å². The Bertz CT molecular complexity index is 349. The first-order valence-corrected chi connectivity index (χ1v) is 7.64. The summed E-state index contributed by atoms with van der Waals surface area (Å²) < 4.78 is 59.2. The van der Waals surface area contributed by atoms with Gasteiger partial charge in [-0.3, -0.25) is 0 Å². The monoisotopic (exact) mass is 350 g/mol. The lowest BCUT2D eigenvalue weighted by Gasteiger charge is -2.24. The molecule has 130 valence electrons. The average Bonchev–Trinajstić information content (AvgIpc) is 2.48. The second kappa shape index (κ2) is 8.90. The summed E-state index contributed by atoms with van der Waals surface area (Å²) in [7, 11) is 0. The Morgan fingerprint density at radius 2 is 1.82 bits per heavy atom. The van der Waals surface area contributed by atoms with Gasteiger partial charge in [0, 0.05) is 0 Å². The first kappa shape index (κ1) is 19.5. The van der Waals surface area contributed by atoms with E-state index in [0.717, 1.165) is 32.1 Å². The molecular weight excluding hydrogens is 332 g/mol. The zero-order chi connectivity index (χ0) is 16.6. The minimum atomic E-state index is -5.57. The number of carbonyl (C=O) groups is 1. The molecule has 10 heteroatoms. The van der Waals surface area contributed by atoms with E-state index in [-0.39, 0.29) is 6.61 Å². The molecule has 1 unspecified atom stereocenters. The van der Waals surface area contributed by atoms with Gasteiger partial charge in [0.2, 0.25) is 0 Å². The van der Waals surface area contributed by atoms with Crippen LogP contribution in [0.3, 0.4) is 0 Å². The van der Waals surface area contributed by atoms with E-state index in [1.807, 2.05) is 0 Å². The zero-order valence-electron chi connectivity index (χ0n) is 11.7. The molecule has 1 fully saturated rings. The topological polar surface area (TPSA) is 65.0 Å². The highest BCUT2D eigenvalue weighted by molar-refractivity contribution is 7.96. The molecule has 0 aromatic heterocycles. The molecule has 5 nitrogen and oxygen atoms in total. The van der Waals surface area contributed by atoms with Gasteiger partial charge in [-0.2, -0.15) is 13.2 Å². The Hall–Kier alpha value is -0.580. The van der Waals surface area contributed by atoms with Crippen molar-refractivity contribution in [1.29, 1.82) is 0 Å². The third kappa shape index (κ3) is 5.56. The molecule has 1 aliphatic carbocycles. The summed E-state index contributed by atoms with van der Waals surface area (Å²) >= 11 is -1.01. The van der Waals surface area contributed by atoms with Crippen molar-refractivity contribution in [2.75, 3.05) is 6.61 Å². The summed E-state index contributed by atoms with van der Waals surface area (Å²) in [5, 5.41) is 6.25. The largest absolute Gasteiger partial charge is 0.462 e. The van der Waals surface area contributed by atoms with E-state index in [9.17, 15) is 22.4 Å². The first-order chi connectivity index (χ1) is 10.3. The molecule has 22 heavy (non-hydrogen) atoms. The lowest BCUT2D eigenvalue weighted by molar-refractivity contribution is -0.433. The van der Waals surface area contributed by atoms with E-state index in [1.165, 1.54) is 6.42 Å². The van der Waals surface area contributed by atoms with Gasteiger partial charge in [-0.15, -0.1) is 4.33 Å². The van der Waals surface area contributed by atoms with Crippen LogP contribution < -0.4 is 0 Å². The Labute approximate surface area is 129 Å². The fourth-order valence-corrected chi connectivity index (χ4v) is 2.71. The van der Waals surface area contributed by atoms with Crippen molar-refractivity contribution >= 4 is 18.0 Å². The lowest BCUT2D eigenvalue weighted by Crippen LogP contribution is -2.46. The summed E-state index contributed by atoms with van der Waals surface area (Å²) in [5.41, 5.74) is 0. The molecular formula is C12H18F4O5S. The fraction of sp³-hybridized carbons (Fsp3) is 0.917. The van der Waals surface area contributed by atoms with Crippen molar-refractivity contribution < 1.29 is 41.7 Å². The molecule has 0 aromatic carbocycles. The van der Waals surface area contributed by atoms with Crippen molar-refractivity contribution in [2.24, 2.45) is 5.92 Å². The van der Waals surface area contributed by atoms with Crippen LogP contribution in [-0.4, -0.2) is 29.0 Å². The summed E-state index contributed by atoms with van der Waals surface area (Å²) in [6.45, 7) is -0.308. The van der Waals surface area contributed by atoms with Crippen LogP contribution in [-0.2, 0) is 18.9 Å². The molecule has 0 amide bonds. The number of hydrogen-bond acceptors (Lipinski definition) is 6. The lowest BCUT2D eigenvalue weighted by atomic mass is 9.86. The van der Waals surface area contributed by atoms with Gasteiger partial charge >= 0.3 is 17.1 Å². The van der Waals surface area contributed by atoms with Gasteiger partial charge in [-0.25, -0.2) is 14.4 Å². The number of hydrogen-bond donors (Lipinski definition) is 1. The maximum absolute atomic E-state index is 13.7. The van der Waals surface area contributed by atoms with Crippen LogP contribution in [0.5, 0.6) is 0 Å². The van der Waals surface area contributed by atoms with Gasteiger partial charge in [-0.05, 0) is 18.8 Å². The maximum atomic E-state index is 13.7. The van der Waals surface area contributed by atoms with E-state index in [0.29, 0.717) is 12.3 Å². The summed E-state index contributed by atoms with van der Waals surface area (Å²) in [6, 6.07) is 0. The maximum Gasteiger partial charge on any atom is 0.446 e. The van der Waals surface area contributed by atoms with Crippen LogP contribution in [0.1, 0.15) is 44.9 Å². The number of ether oxygens (including phenoxy) is 1. The quantitative estimate of drug-likeness (QED) is 0.177. The van der Waals surface area contributed by atoms with Crippen molar-refractivity contribution in [3.05, 3.63) is 0 Å². The predicted molar refractivity (Wildman–Crippen MR) is 69.1 cm³/mol. The first-order valence-electron chi connectivity index (χ1n) is 6.90. The third-order valence-corrected chi connectivity index (χ3v) is 4.28. The van der Waals surface area contributed by atoms with Crippen LogP contribution >= 0.6 is 12.0 Å². The van der Waals surface area contributed by atoms with Gasteiger partial charge < -0.3 is 4.74 Å². The van der Waals surface area contributed by atoms with E-state index in [4.69, 9.17) is 5.26 Å². The summed E-state index contributed by atoms with van der Waals surface area (Å²) in [6.07, 6.45) is 1.07. The van der Waals surface area contributed by atoms with Crippen LogP contribution in [0.15, 0.2) is 0 Å². The molecule has 0 bridgehead atoms. The molecule has 0 spiro atoms. The van der Waals surface area contributed by atoms with Crippen molar-refractivity contribution in [3.63, 3.8) is 0 Å². The molecule has 0 saturated heterocycles. The smallest absolute Gasteiger partial charge is 0.446 e. The van der Waals surface area contributed by atoms with Crippen molar-refractivity contribution in [3.8, 4) is 0 Å². The molecule has 1 atom stereocenters. The fourth-order valence-electron chi connectivity index (χ4n) is 2.36. The molecule has 1 N–H and O–H groups in total. The van der Waals surface area contributed by atoms with Gasteiger partial charge in [0.15, 0.2) is 0 Å². The van der Waals surface area contributed by atoms with Crippen molar-refractivity contribution in [2.45, 2.75) is 56.1 Å². The number of esters is 1. The van der Waals surface area contributed by atoms with E-state index >= 15 is 0 Å². The van der Waals surface area contributed by atoms with Gasteiger partial charge in [-0.1, -0.05) is 37.1 Å². The normalized spacial score (nSPS) is 19.7. The SMILES string of the molecule is O=C(OCCCC1CCCCC1)C(F)(SOOO)C(F)(F)F. The second-order valence-electron chi connectivity index (χ2n) is 5.10. The minimum absolute atomic E-state index is 0.308. The van der Waals surface area contributed by atoms with E-state index in [2.05, 4.69) is 14.1 Å². The van der Waals surface area contributed by atoms with E-state index in [1.54, 1.807) is 0 Å². The third-order valence-electron chi connectivity index (χ3n) is 3.52. The average molecular weight is 350 g/mol. The Morgan fingerprint density at radius 3 is 2.36 bits per heavy atom. The van der Waals surface area contributed by atoms with Crippen LogP contribution in [0.2, 0.25) is 0 Å². The molecule has 1 aliphatic rings. The molecule has 0 aromatic rings. The van der Waals surface area contributed by atoms with Crippen LogP contribution in [0.4, 0.5) is 17.6 Å². The van der Waals surface area contributed by atoms with Crippen LogP contribution in [0, 0.1) is 5.92 Å².